The Balaban J connectivity index is 2.70. The lowest BCUT2D eigenvalue weighted by atomic mass is 9.73. The minimum atomic E-state index is 0.492. The zero-order valence-electron chi connectivity index (χ0n) is 7.02. The van der Waals surface area contributed by atoms with E-state index in [1.54, 1.807) is 0 Å². The molecule has 0 bridgehead atoms. The summed E-state index contributed by atoms with van der Waals surface area (Å²) >= 11 is 4.36. The minimum Gasteiger partial charge on any atom is -0.148 e. The van der Waals surface area contributed by atoms with Crippen molar-refractivity contribution in [3.8, 4) is 0 Å². The Morgan fingerprint density at radius 2 is 2.20 bits per heavy atom. The molecule has 0 saturated heterocycles. The highest BCUT2D eigenvalue weighted by Gasteiger charge is 2.27. The van der Waals surface area contributed by atoms with Gasteiger partial charge in [0.15, 0.2) is 0 Å². The predicted octanol–water partition coefficient (Wildman–Crippen LogP) is 3.26. The fourth-order valence-corrected chi connectivity index (χ4v) is 1.62. The van der Waals surface area contributed by atoms with Gasteiger partial charge < -0.3 is 0 Å². The summed E-state index contributed by atoms with van der Waals surface area (Å²) < 4.78 is 0. The molecule has 0 spiro atoms. The fraction of sp³-hybridized carbons (Fsp3) is 0.778. The first-order valence-corrected chi connectivity index (χ1v) is 4.35. The molecule has 0 aromatic carbocycles. The smallest absolute Gasteiger partial charge is 0.0193 e. The summed E-state index contributed by atoms with van der Waals surface area (Å²) in [6.07, 6.45) is 4.60. The van der Waals surface area contributed by atoms with Crippen molar-refractivity contribution < 1.29 is 0 Å². The van der Waals surface area contributed by atoms with Crippen molar-refractivity contribution in [3.05, 3.63) is 11.0 Å². The molecule has 0 saturated carbocycles. The molecule has 1 aliphatic rings. The molecule has 0 heterocycles. The van der Waals surface area contributed by atoms with Gasteiger partial charge in [0.05, 0.1) is 0 Å². The van der Waals surface area contributed by atoms with Crippen LogP contribution in [0.25, 0.3) is 0 Å². The lowest BCUT2D eigenvalue weighted by Crippen LogP contribution is -2.23. The van der Waals surface area contributed by atoms with Crippen LogP contribution in [0.3, 0.4) is 0 Å². The molecule has 1 atom stereocenters. The number of hydrogen-bond donors (Lipinski definition) is 1. The molecule has 1 unspecified atom stereocenters. The highest BCUT2D eigenvalue weighted by Crippen LogP contribution is 2.40. The monoisotopic (exact) mass is 156 g/mol. The summed E-state index contributed by atoms with van der Waals surface area (Å²) in [4.78, 5) is 1.27. The van der Waals surface area contributed by atoms with Crippen LogP contribution in [-0.2, 0) is 0 Å². The van der Waals surface area contributed by atoms with Crippen molar-refractivity contribution in [2.24, 2.45) is 11.3 Å². The van der Waals surface area contributed by atoms with Crippen molar-refractivity contribution in [3.63, 3.8) is 0 Å². The van der Waals surface area contributed by atoms with Crippen LogP contribution >= 0.6 is 12.6 Å². The van der Waals surface area contributed by atoms with E-state index in [-0.39, 0.29) is 0 Å². The van der Waals surface area contributed by atoms with Gasteiger partial charge in [-0.25, -0.2) is 0 Å². The molecule has 0 amide bonds. The fourth-order valence-electron chi connectivity index (χ4n) is 1.26. The number of allylic oxidation sites excluding steroid dienone is 2. The van der Waals surface area contributed by atoms with Crippen LogP contribution in [0.4, 0.5) is 0 Å². The lowest BCUT2D eigenvalue weighted by Gasteiger charge is -2.34. The van der Waals surface area contributed by atoms with E-state index in [1.807, 2.05) is 0 Å². The first kappa shape index (κ1) is 8.19. The molecule has 0 fully saturated rings. The molecule has 10 heavy (non-hydrogen) atoms. The molecule has 0 aromatic rings. The van der Waals surface area contributed by atoms with E-state index in [4.69, 9.17) is 0 Å². The van der Waals surface area contributed by atoms with Crippen molar-refractivity contribution in [1.29, 1.82) is 0 Å². The Hall–Kier alpha value is 0.0900. The highest BCUT2D eigenvalue weighted by atomic mass is 32.1. The molecule has 0 aliphatic heterocycles. The molecule has 0 nitrogen and oxygen atoms in total. The number of thiol groups is 1. The topological polar surface area (TPSA) is 0 Å². The van der Waals surface area contributed by atoms with Gasteiger partial charge >= 0.3 is 0 Å². The summed E-state index contributed by atoms with van der Waals surface area (Å²) in [6, 6.07) is 0. The maximum atomic E-state index is 4.36. The Morgan fingerprint density at radius 3 is 2.60 bits per heavy atom. The van der Waals surface area contributed by atoms with Crippen LogP contribution in [0.15, 0.2) is 11.0 Å². The Bertz CT molecular complexity index is 156. The van der Waals surface area contributed by atoms with Gasteiger partial charge in [-0.3, -0.25) is 0 Å². The predicted molar refractivity (Wildman–Crippen MR) is 49.2 cm³/mol. The lowest BCUT2D eigenvalue weighted by molar-refractivity contribution is 0.223. The van der Waals surface area contributed by atoms with Gasteiger partial charge in [-0.05, 0) is 29.1 Å². The largest absolute Gasteiger partial charge is 0.148 e. The summed E-state index contributed by atoms with van der Waals surface area (Å²) in [5.41, 5.74) is 0.492. The highest BCUT2D eigenvalue weighted by molar-refractivity contribution is 7.84. The average molecular weight is 156 g/mol. The van der Waals surface area contributed by atoms with E-state index in [0.717, 1.165) is 12.3 Å². The Labute approximate surface area is 69.1 Å². The van der Waals surface area contributed by atoms with E-state index in [2.05, 4.69) is 39.5 Å². The molecular weight excluding hydrogens is 140 g/mol. The molecular formula is C9H16S. The quantitative estimate of drug-likeness (QED) is 0.511. The van der Waals surface area contributed by atoms with Crippen LogP contribution in [0.2, 0.25) is 0 Å². The van der Waals surface area contributed by atoms with Gasteiger partial charge in [0, 0.05) is 0 Å². The number of rotatable bonds is 0. The van der Waals surface area contributed by atoms with Crippen LogP contribution in [0.1, 0.15) is 33.6 Å². The zero-order valence-corrected chi connectivity index (χ0v) is 7.91. The summed E-state index contributed by atoms with van der Waals surface area (Å²) in [7, 11) is 0. The van der Waals surface area contributed by atoms with E-state index in [1.165, 1.54) is 11.3 Å². The normalized spacial score (nSPS) is 31.6. The first-order chi connectivity index (χ1) is 4.52. The van der Waals surface area contributed by atoms with Gasteiger partial charge in [0.2, 0.25) is 0 Å². The SMILES string of the molecule is CC1CC(S)=CCC1(C)C. The molecule has 1 aliphatic carbocycles. The van der Waals surface area contributed by atoms with Gasteiger partial charge in [0.1, 0.15) is 0 Å². The molecule has 1 rings (SSSR count). The van der Waals surface area contributed by atoms with Gasteiger partial charge in [-0.1, -0.05) is 26.8 Å². The maximum absolute atomic E-state index is 4.36. The van der Waals surface area contributed by atoms with E-state index in [0.29, 0.717) is 5.41 Å². The van der Waals surface area contributed by atoms with E-state index in [9.17, 15) is 0 Å². The third-order valence-corrected chi connectivity index (χ3v) is 3.08. The average Bonchev–Trinajstić information content (AvgIpc) is 1.81. The minimum absolute atomic E-state index is 0.492. The molecule has 58 valence electrons. The van der Waals surface area contributed by atoms with Crippen molar-refractivity contribution >= 4 is 12.6 Å². The van der Waals surface area contributed by atoms with Crippen molar-refractivity contribution in [2.45, 2.75) is 33.6 Å². The maximum Gasteiger partial charge on any atom is -0.0193 e. The van der Waals surface area contributed by atoms with Gasteiger partial charge in [-0.2, -0.15) is 0 Å². The first-order valence-electron chi connectivity index (χ1n) is 3.90. The molecule has 0 N–H and O–H groups in total. The second kappa shape index (κ2) is 2.61. The molecule has 1 heteroatoms. The zero-order chi connectivity index (χ0) is 7.78. The Kier molecular flexibility index (Phi) is 2.14. The van der Waals surface area contributed by atoms with E-state index >= 15 is 0 Å². The third kappa shape index (κ3) is 1.57. The van der Waals surface area contributed by atoms with Crippen molar-refractivity contribution in [1.82, 2.24) is 0 Å². The van der Waals surface area contributed by atoms with Crippen LogP contribution in [0, 0.1) is 11.3 Å². The number of hydrogen-bond acceptors (Lipinski definition) is 1. The van der Waals surface area contributed by atoms with E-state index < -0.39 is 0 Å². The van der Waals surface area contributed by atoms with Gasteiger partial charge in [-0.15, -0.1) is 12.6 Å². The standard InChI is InChI=1S/C9H16S/c1-7-6-8(10)4-5-9(7,2)3/h4,7,10H,5-6H2,1-3H3. The van der Waals surface area contributed by atoms with Crippen molar-refractivity contribution in [2.75, 3.05) is 0 Å². The van der Waals surface area contributed by atoms with Gasteiger partial charge in [0.25, 0.3) is 0 Å². The van der Waals surface area contributed by atoms with Crippen LogP contribution in [-0.4, -0.2) is 0 Å². The summed E-state index contributed by atoms with van der Waals surface area (Å²) in [6.45, 7) is 6.96. The second-order valence-corrected chi connectivity index (χ2v) is 4.57. The summed E-state index contributed by atoms with van der Waals surface area (Å²) in [5.74, 6) is 0.782. The third-order valence-electron chi connectivity index (χ3n) is 2.71. The van der Waals surface area contributed by atoms with Crippen LogP contribution < -0.4 is 0 Å². The molecule has 0 aromatic heterocycles. The Morgan fingerprint density at radius 1 is 1.60 bits per heavy atom. The molecule has 0 radical (unpaired) electrons. The summed E-state index contributed by atoms with van der Waals surface area (Å²) in [5, 5.41) is 0. The van der Waals surface area contributed by atoms with Crippen LogP contribution in [0.5, 0.6) is 0 Å². The second-order valence-electron chi connectivity index (χ2n) is 3.99.